The van der Waals surface area contributed by atoms with E-state index in [-0.39, 0.29) is 6.04 Å². The average molecular weight is 356 g/mol. The molecule has 0 aliphatic carbocycles. The molecular formula is C18H20N4O2S. The molecule has 0 radical (unpaired) electrons. The zero-order valence-electron chi connectivity index (χ0n) is 14.4. The van der Waals surface area contributed by atoms with Crippen molar-refractivity contribution < 1.29 is 8.42 Å². The average Bonchev–Trinajstić information content (AvgIpc) is 3.10. The van der Waals surface area contributed by atoms with Crippen molar-refractivity contribution in [3.63, 3.8) is 0 Å². The Balaban J connectivity index is 1.93. The maximum absolute atomic E-state index is 11.6. The van der Waals surface area contributed by atoms with Gasteiger partial charge in [0, 0.05) is 37.5 Å². The van der Waals surface area contributed by atoms with Gasteiger partial charge in [0.1, 0.15) is 11.6 Å². The van der Waals surface area contributed by atoms with Crippen LogP contribution >= 0.6 is 0 Å². The van der Waals surface area contributed by atoms with Gasteiger partial charge in [-0.15, -0.1) is 0 Å². The molecule has 6 nitrogen and oxygen atoms in total. The minimum Gasteiger partial charge on any atom is -0.324 e. The van der Waals surface area contributed by atoms with Gasteiger partial charge in [0.25, 0.3) is 0 Å². The van der Waals surface area contributed by atoms with Crippen molar-refractivity contribution in [3.8, 4) is 11.4 Å². The molecule has 0 bridgehead atoms. The molecule has 1 atom stereocenters. The van der Waals surface area contributed by atoms with Crippen molar-refractivity contribution in [3.05, 3.63) is 60.4 Å². The van der Waals surface area contributed by atoms with E-state index in [0.717, 1.165) is 29.2 Å². The summed E-state index contributed by atoms with van der Waals surface area (Å²) in [5.41, 5.74) is 1.85. The lowest BCUT2D eigenvalue weighted by Crippen LogP contribution is -2.08. The number of sulfone groups is 1. The topological polar surface area (TPSA) is 77.7 Å². The van der Waals surface area contributed by atoms with E-state index in [0.29, 0.717) is 4.90 Å². The van der Waals surface area contributed by atoms with Gasteiger partial charge < -0.3 is 4.57 Å². The number of rotatable bonds is 5. The summed E-state index contributed by atoms with van der Waals surface area (Å²) in [5.74, 6) is 1.58. The van der Waals surface area contributed by atoms with Crippen LogP contribution in [0.4, 0.5) is 0 Å². The van der Waals surface area contributed by atoms with E-state index in [4.69, 9.17) is 0 Å². The van der Waals surface area contributed by atoms with Crippen molar-refractivity contribution in [1.29, 1.82) is 0 Å². The number of imidazole rings is 1. The summed E-state index contributed by atoms with van der Waals surface area (Å²) < 4.78 is 25.2. The lowest BCUT2D eigenvalue weighted by molar-refractivity contribution is 0.601. The second-order valence-electron chi connectivity index (χ2n) is 5.92. The molecule has 0 spiro atoms. The molecule has 0 N–H and O–H groups in total. The van der Waals surface area contributed by atoms with E-state index < -0.39 is 9.84 Å². The smallest absolute Gasteiger partial charge is 0.175 e. The highest BCUT2D eigenvalue weighted by molar-refractivity contribution is 7.90. The zero-order chi connectivity index (χ0) is 18.0. The van der Waals surface area contributed by atoms with Crippen LogP contribution in [0.3, 0.4) is 0 Å². The zero-order valence-corrected chi connectivity index (χ0v) is 15.2. The van der Waals surface area contributed by atoms with E-state index in [2.05, 4.69) is 15.0 Å². The summed E-state index contributed by atoms with van der Waals surface area (Å²) in [5, 5.41) is 0. The molecule has 0 saturated carbocycles. The number of aryl methyl sites for hydroxylation is 1. The standard InChI is InChI=1S/C18H20N4O2S/c1-4-17-20-11-15(12-21-17)18-19-9-10-22(18)13(2)14-5-7-16(8-6-14)25(3,23)24/h5-13H,4H2,1-3H3. The highest BCUT2D eigenvalue weighted by Crippen LogP contribution is 2.25. The van der Waals surface area contributed by atoms with Crippen molar-refractivity contribution >= 4 is 9.84 Å². The van der Waals surface area contributed by atoms with E-state index in [1.807, 2.05) is 36.7 Å². The van der Waals surface area contributed by atoms with Crippen LogP contribution in [0.1, 0.15) is 31.3 Å². The van der Waals surface area contributed by atoms with E-state index >= 15 is 0 Å². The van der Waals surface area contributed by atoms with Gasteiger partial charge in [0.15, 0.2) is 9.84 Å². The van der Waals surface area contributed by atoms with Gasteiger partial charge in [-0.1, -0.05) is 19.1 Å². The summed E-state index contributed by atoms with van der Waals surface area (Å²) in [6.07, 6.45) is 9.20. The molecule has 3 aromatic rings. The number of hydrogen-bond donors (Lipinski definition) is 0. The third kappa shape index (κ3) is 3.61. The van der Waals surface area contributed by atoms with Gasteiger partial charge in [-0.2, -0.15) is 0 Å². The van der Waals surface area contributed by atoms with Crippen LogP contribution in [0.15, 0.2) is 53.9 Å². The maximum Gasteiger partial charge on any atom is 0.175 e. The van der Waals surface area contributed by atoms with Crippen molar-refractivity contribution in [2.75, 3.05) is 6.26 Å². The quantitative estimate of drug-likeness (QED) is 0.702. The Hall–Kier alpha value is -2.54. The molecule has 0 aliphatic heterocycles. The van der Waals surface area contributed by atoms with E-state index in [1.54, 1.807) is 30.7 Å². The van der Waals surface area contributed by atoms with Gasteiger partial charge >= 0.3 is 0 Å². The van der Waals surface area contributed by atoms with Crippen LogP contribution < -0.4 is 0 Å². The lowest BCUT2D eigenvalue weighted by atomic mass is 10.1. The fourth-order valence-electron chi connectivity index (χ4n) is 2.66. The summed E-state index contributed by atoms with van der Waals surface area (Å²) in [6, 6.07) is 6.94. The SMILES string of the molecule is CCc1ncc(-c2nccn2C(C)c2ccc(S(C)(=O)=O)cc2)cn1. The van der Waals surface area contributed by atoms with Crippen molar-refractivity contribution in [1.82, 2.24) is 19.5 Å². The molecule has 130 valence electrons. The lowest BCUT2D eigenvalue weighted by Gasteiger charge is -2.17. The Bertz CT molecular complexity index is 961. The van der Waals surface area contributed by atoms with Gasteiger partial charge in [0.2, 0.25) is 0 Å². The fourth-order valence-corrected chi connectivity index (χ4v) is 3.29. The number of nitrogens with zero attached hydrogens (tertiary/aromatic N) is 4. The summed E-state index contributed by atoms with van der Waals surface area (Å²) >= 11 is 0. The van der Waals surface area contributed by atoms with Crippen LogP contribution in [-0.4, -0.2) is 34.2 Å². The summed E-state index contributed by atoms with van der Waals surface area (Å²) in [4.78, 5) is 13.4. The minimum absolute atomic E-state index is 0.00281. The summed E-state index contributed by atoms with van der Waals surface area (Å²) in [6.45, 7) is 4.06. The third-order valence-electron chi connectivity index (χ3n) is 4.16. The molecule has 3 rings (SSSR count). The second kappa shape index (κ2) is 6.76. The number of benzene rings is 1. The Morgan fingerprint density at radius 2 is 1.72 bits per heavy atom. The van der Waals surface area contributed by atoms with Gasteiger partial charge in [-0.25, -0.2) is 23.4 Å². The fraction of sp³-hybridized carbons (Fsp3) is 0.278. The third-order valence-corrected chi connectivity index (χ3v) is 5.28. The van der Waals surface area contributed by atoms with Crippen LogP contribution in [0.5, 0.6) is 0 Å². The predicted octanol–water partition coefficient (Wildman–Crippen LogP) is 2.92. The molecule has 7 heteroatoms. The normalized spacial score (nSPS) is 12.9. The van der Waals surface area contributed by atoms with Gasteiger partial charge in [-0.3, -0.25) is 0 Å². The monoisotopic (exact) mass is 356 g/mol. The Morgan fingerprint density at radius 3 is 2.28 bits per heavy atom. The molecule has 2 aromatic heterocycles. The first-order valence-electron chi connectivity index (χ1n) is 8.04. The number of hydrogen-bond acceptors (Lipinski definition) is 5. The molecule has 0 fully saturated rings. The Morgan fingerprint density at radius 1 is 1.08 bits per heavy atom. The number of aromatic nitrogens is 4. The molecular weight excluding hydrogens is 336 g/mol. The Kier molecular flexibility index (Phi) is 4.67. The van der Waals surface area contributed by atoms with Crippen LogP contribution in [0.2, 0.25) is 0 Å². The molecule has 0 amide bonds. The van der Waals surface area contributed by atoms with Gasteiger partial charge in [0.05, 0.1) is 16.5 Å². The van der Waals surface area contributed by atoms with E-state index in [1.165, 1.54) is 6.26 Å². The van der Waals surface area contributed by atoms with Crippen LogP contribution in [-0.2, 0) is 16.3 Å². The van der Waals surface area contributed by atoms with Crippen molar-refractivity contribution in [2.24, 2.45) is 0 Å². The van der Waals surface area contributed by atoms with Crippen LogP contribution in [0.25, 0.3) is 11.4 Å². The van der Waals surface area contributed by atoms with Crippen molar-refractivity contribution in [2.45, 2.75) is 31.2 Å². The largest absolute Gasteiger partial charge is 0.324 e. The first kappa shape index (κ1) is 17.3. The highest BCUT2D eigenvalue weighted by atomic mass is 32.2. The maximum atomic E-state index is 11.6. The molecule has 25 heavy (non-hydrogen) atoms. The molecule has 1 aromatic carbocycles. The molecule has 1 unspecified atom stereocenters. The summed E-state index contributed by atoms with van der Waals surface area (Å²) in [7, 11) is -3.19. The highest BCUT2D eigenvalue weighted by Gasteiger charge is 2.15. The minimum atomic E-state index is -3.19. The molecule has 0 aliphatic rings. The second-order valence-corrected chi connectivity index (χ2v) is 7.93. The molecule has 0 saturated heterocycles. The van der Waals surface area contributed by atoms with Crippen LogP contribution in [0, 0.1) is 0 Å². The van der Waals surface area contributed by atoms with Gasteiger partial charge in [-0.05, 0) is 24.6 Å². The first-order chi connectivity index (χ1) is 11.9. The predicted molar refractivity (Wildman–Crippen MR) is 96.0 cm³/mol. The Labute approximate surface area is 147 Å². The first-order valence-corrected chi connectivity index (χ1v) is 9.93. The molecule has 2 heterocycles. The van der Waals surface area contributed by atoms with E-state index in [9.17, 15) is 8.42 Å².